The normalized spacial score (nSPS) is 11.5. The van der Waals surface area contributed by atoms with Crippen molar-refractivity contribution in [1.82, 2.24) is 24.2 Å². The van der Waals surface area contributed by atoms with E-state index < -0.39 is 15.8 Å². The van der Waals surface area contributed by atoms with Crippen molar-refractivity contribution in [2.45, 2.75) is 11.4 Å². The summed E-state index contributed by atoms with van der Waals surface area (Å²) in [5.74, 6) is -0.0919. The Kier molecular flexibility index (Phi) is 4.13. The summed E-state index contributed by atoms with van der Waals surface area (Å²) in [6.45, 7) is 0.0447. The summed E-state index contributed by atoms with van der Waals surface area (Å²) in [4.78, 5) is 11.4. The fourth-order valence-corrected chi connectivity index (χ4v) is 2.90. The summed E-state index contributed by atoms with van der Waals surface area (Å²) >= 11 is 0. The molecule has 0 spiro atoms. The minimum atomic E-state index is -3.84. The predicted octanol–water partition coefficient (Wildman–Crippen LogP) is 1.28. The zero-order chi connectivity index (χ0) is 16.3. The van der Waals surface area contributed by atoms with Crippen molar-refractivity contribution in [3.63, 3.8) is 0 Å². The van der Waals surface area contributed by atoms with Crippen molar-refractivity contribution < 1.29 is 12.8 Å². The smallest absolute Gasteiger partial charge is 0.242 e. The lowest BCUT2D eigenvalue weighted by Gasteiger charge is -2.08. The van der Waals surface area contributed by atoms with E-state index in [4.69, 9.17) is 0 Å². The molecule has 0 aliphatic heterocycles. The van der Waals surface area contributed by atoms with E-state index in [1.807, 2.05) is 0 Å². The van der Waals surface area contributed by atoms with Crippen LogP contribution in [-0.2, 0) is 16.6 Å². The Morgan fingerprint density at radius 1 is 1.17 bits per heavy atom. The van der Waals surface area contributed by atoms with Crippen LogP contribution in [0, 0.1) is 5.82 Å². The van der Waals surface area contributed by atoms with E-state index in [2.05, 4.69) is 19.7 Å². The molecule has 0 unspecified atom stereocenters. The van der Waals surface area contributed by atoms with Gasteiger partial charge in [0.1, 0.15) is 22.9 Å². The molecule has 1 N–H and O–H groups in total. The second kappa shape index (κ2) is 6.23. The number of nitrogens with zero attached hydrogens (tertiary/aromatic N) is 4. The number of imidazole rings is 1. The van der Waals surface area contributed by atoms with E-state index in [0.717, 1.165) is 18.5 Å². The standard InChI is InChI=1S/C14H12FN5O2S/c15-12-6-13(9-17-8-12)23(21,22)19-7-11-1-2-18-14(5-11)20-4-3-16-10-20/h1-6,8-10,19H,7H2. The van der Waals surface area contributed by atoms with Crippen LogP contribution < -0.4 is 4.72 Å². The molecule has 3 heterocycles. The van der Waals surface area contributed by atoms with Crippen LogP contribution in [0.4, 0.5) is 4.39 Å². The van der Waals surface area contributed by atoms with Crippen LogP contribution >= 0.6 is 0 Å². The van der Waals surface area contributed by atoms with Crippen LogP contribution in [-0.4, -0.2) is 27.9 Å². The summed E-state index contributed by atoms with van der Waals surface area (Å²) in [6.07, 6.45) is 8.55. The van der Waals surface area contributed by atoms with Gasteiger partial charge in [0.05, 0.1) is 6.20 Å². The third-order valence-corrected chi connectivity index (χ3v) is 4.40. The summed E-state index contributed by atoms with van der Waals surface area (Å²) < 4.78 is 41.5. The molecule has 0 saturated carbocycles. The lowest BCUT2D eigenvalue weighted by molar-refractivity contribution is 0.575. The van der Waals surface area contributed by atoms with Crippen LogP contribution in [0.15, 0.2) is 60.4 Å². The van der Waals surface area contributed by atoms with Gasteiger partial charge in [-0.3, -0.25) is 9.55 Å². The van der Waals surface area contributed by atoms with Crippen molar-refractivity contribution in [1.29, 1.82) is 0 Å². The maximum Gasteiger partial charge on any atom is 0.242 e. The van der Waals surface area contributed by atoms with E-state index in [1.54, 1.807) is 41.6 Å². The van der Waals surface area contributed by atoms with Gasteiger partial charge in [0.25, 0.3) is 0 Å². The van der Waals surface area contributed by atoms with E-state index in [0.29, 0.717) is 11.4 Å². The van der Waals surface area contributed by atoms with Crippen LogP contribution in [0.25, 0.3) is 5.82 Å². The predicted molar refractivity (Wildman–Crippen MR) is 79.6 cm³/mol. The van der Waals surface area contributed by atoms with Crippen LogP contribution in [0.2, 0.25) is 0 Å². The Labute approximate surface area is 131 Å². The van der Waals surface area contributed by atoms with Gasteiger partial charge in [-0.15, -0.1) is 0 Å². The van der Waals surface area contributed by atoms with Crippen LogP contribution in [0.3, 0.4) is 0 Å². The highest BCUT2D eigenvalue weighted by Crippen LogP contribution is 2.11. The molecular weight excluding hydrogens is 321 g/mol. The first-order valence-corrected chi connectivity index (χ1v) is 8.06. The lowest BCUT2D eigenvalue weighted by Crippen LogP contribution is -2.23. The lowest BCUT2D eigenvalue weighted by atomic mass is 10.2. The molecule has 3 aromatic heterocycles. The van der Waals surface area contributed by atoms with Gasteiger partial charge < -0.3 is 0 Å². The minimum Gasteiger partial charge on any atom is -0.291 e. The number of aromatic nitrogens is 4. The Bertz CT molecular complexity index is 912. The highest BCUT2D eigenvalue weighted by Gasteiger charge is 2.15. The quantitative estimate of drug-likeness (QED) is 0.760. The van der Waals surface area contributed by atoms with Gasteiger partial charge in [0, 0.05) is 31.3 Å². The summed E-state index contributed by atoms with van der Waals surface area (Å²) in [5, 5.41) is 0. The maximum atomic E-state index is 13.1. The SMILES string of the molecule is O=S(=O)(NCc1ccnc(-n2ccnc2)c1)c1cncc(F)c1. The number of pyridine rings is 2. The summed E-state index contributed by atoms with van der Waals surface area (Å²) in [7, 11) is -3.84. The monoisotopic (exact) mass is 333 g/mol. The number of halogens is 1. The first kappa shape index (κ1) is 15.3. The van der Waals surface area contributed by atoms with Crippen molar-refractivity contribution in [2.24, 2.45) is 0 Å². The molecular formula is C14H12FN5O2S. The maximum absolute atomic E-state index is 13.1. The molecule has 0 atom stereocenters. The van der Waals surface area contributed by atoms with Gasteiger partial charge in [-0.25, -0.2) is 27.5 Å². The van der Waals surface area contributed by atoms with E-state index >= 15 is 0 Å². The average Bonchev–Trinajstić information content (AvgIpc) is 3.08. The van der Waals surface area contributed by atoms with E-state index in [1.165, 1.54) is 0 Å². The number of nitrogens with one attached hydrogen (secondary N) is 1. The van der Waals surface area contributed by atoms with Gasteiger partial charge in [-0.05, 0) is 23.8 Å². The highest BCUT2D eigenvalue weighted by molar-refractivity contribution is 7.89. The molecule has 0 bridgehead atoms. The van der Waals surface area contributed by atoms with Crippen LogP contribution in [0.5, 0.6) is 0 Å². The molecule has 0 radical (unpaired) electrons. The Morgan fingerprint density at radius 3 is 2.78 bits per heavy atom. The summed E-state index contributed by atoms with van der Waals surface area (Å²) in [6, 6.07) is 4.33. The first-order valence-electron chi connectivity index (χ1n) is 6.58. The topological polar surface area (TPSA) is 89.8 Å². The molecule has 0 aliphatic carbocycles. The first-order chi connectivity index (χ1) is 11.0. The van der Waals surface area contributed by atoms with Gasteiger partial charge in [0.15, 0.2) is 0 Å². The fraction of sp³-hybridized carbons (Fsp3) is 0.0714. The second-order valence-electron chi connectivity index (χ2n) is 4.66. The molecule has 0 amide bonds. The van der Waals surface area contributed by atoms with Gasteiger partial charge in [-0.2, -0.15) is 0 Å². The molecule has 23 heavy (non-hydrogen) atoms. The van der Waals surface area contributed by atoms with Crippen molar-refractivity contribution in [3.05, 3.63) is 66.9 Å². The zero-order valence-corrected chi connectivity index (χ0v) is 12.6. The van der Waals surface area contributed by atoms with Gasteiger partial charge in [-0.1, -0.05) is 0 Å². The summed E-state index contributed by atoms with van der Waals surface area (Å²) in [5.41, 5.74) is 0.705. The zero-order valence-electron chi connectivity index (χ0n) is 11.8. The third kappa shape index (κ3) is 3.58. The van der Waals surface area contributed by atoms with Crippen molar-refractivity contribution in [3.8, 4) is 5.82 Å². The number of hydrogen-bond donors (Lipinski definition) is 1. The molecule has 0 aliphatic rings. The van der Waals surface area contributed by atoms with E-state index in [9.17, 15) is 12.8 Å². The molecule has 7 nitrogen and oxygen atoms in total. The fourth-order valence-electron chi connectivity index (χ4n) is 1.91. The van der Waals surface area contributed by atoms with Crippen molar-refractivity contribution >= 4 is 10.0 Å². The molecule has 3 aromatic rings. The molecule has 0 aromatic carbocycles. The molecule has 118 valence electrons. The van der Waals surface area contributed by atoms with Crippen molar-refractivity contribution in [2.75, 3.05) is 0 Å². The van der Waals surface area contributed by atoms with Gasteiger partial charge in [0.2, 0.25) is 10.0 Å². The number of rotatable bonds is 5. The molecule has 9 heteroatoms. The van der Waals surface area contributed by atoms with E-state index in [-0.39, 0.29) is 11.4 Å². The van der Waals surface area contributed by atoms with Gasteiger partial charge >= 0.3 is 0 Å². The molecule has 0 fully saturated rings. The van der Waals surface area contributed by atoms with Crippen LogP contribution in [0.1, 0.15) is 5.56 Å². The third-order valence-electron chi connectivity index (χ3n) is 3.04. The Hall–Kier alpha value is -2.65. The Balaban J connectivity index is 1.77. The minimum absolute atomic E-state index is 0.0447. The Morgan fingerprint density at radius 2 is 2.04 bits per heavy atom. The average molecular weight is 333 g/mol. The highest BCUT2D eigenvalue weighted by atomic mass is 32.2. The number of sulfonamides is 1. The second-order valence-corrected chi connectivity index (χ2v) is 6.42. The molecule has 0 saturated heterocycles. The number of hydrogen-bond acceptors (Lipinski definition) is 5. The molecule has 3 rings (SSSR count). The largest absolute Gasteiger partial charge is 0.291 e.